The summed E-state index contributed by atoms with van der Waals surface area (Å²) in [7, 11) is 1.64. The molecule has 160 valence electrons. The van der Waals surface area contributed by atoms with Crippen LogP contribution in [0.15, 0.2) is 30.3 Å². The van der Waals surface area contributed by atoms with Crippen molar-refractivity contribution in [3.8, 4) is 0 Å². The molecule has 1 aliphatic heterocycles. The number of aromatic nitrogens is 1. The van der Waals surface area contributed by atoms with Crippen LogP contribution in [0.3, 0.4) is 0 Å². The Hall–Kier alpha value is -2.93. The molecule has 2 heterocycles. The fourth-order valence-electron chi connectivity index (χ4n) is 4.21. The second-order valence-electron chi connectivity index (χ2n) is 8.19. The predicted molar refractivity (Wildman–Crippen MR) is 114 cm³/mol. The Morgan fingerprint density at radius 1 is 1.17 bits per heavy atom. The van der Waals surface area contributed by atoms with Crippen LogP contribution in [0.2, 0.25) is 0 Å². The van der Waals surface area contributed by atoms with Gasteiger partial charge in [0.15, 0.2) is 5.78 Å². The minimum atomic E-state index is -1.19. The topological polar surface area (TPSA) is 80.6 Å². The van der Waals surface area contributed by atoms with Crippen LogP contribution in [0.25, 0.3) is 0 Å². The van der Waals surface area contributed by atoms with E-state index in [0.717, 1.165) is 21.9 Å². The first-order chi connectivity index (χ1) is 14.1. The van der Waals surface area contributed by atoms with E-state index in [1.54, 1.807) is 20.1 Å². The molecule has 1 aromatic carbocycles. The molecule has 0 saturated carbocycles. The van der Waals surface area contributed by atoms with Gasteiger partial charge in [0.2, 0.25) is 0 Å². The van der Waals surface area contributed by atoms with Gasteiger partial charge < -0.3 is 14.6 Å². The molecule has 0 radical (unpaired) electrons. The fourth-order valence-corrected chi connectivity index (χ4v) is 4.21. The molecular formula is C23H29N3O4. The molecule has 2 atom stereocenters. The Morgan fingerprint density at radius 3 is 2.40 bits per heavy atom. The second kappa shape index (κ2) is 8.07. The number of carbonyl (C=O) groups is 3. The lowest BCUT2D eigenvalue weighted by molar-refractivity contribution is -0.130. The number of nitrogens with zero attached hydrogens (tertiary/aromatic N) is 2. The van der Waals surface area contributed by atoms with E-state index in [1.165, 1.54) is 0 Å². The lowest BCUT2D eigenvalue weighted by Gasteiger charge is -2.22. The molecular weight excluding hydrogens is 382 g/mol. The Bertz CT molecular complexity index is 993. The van der Waals surface area contributed by atoms with Gasteiger partial charge in [0.05, 0.1) is 19.2 Å². The lowest BCUT2D eigenvalue weighted by Crippen LogP contribution is -2.41. The molecule has 1 aromatic heterocycles. The molecule has 1 saturated heterocycles. The van der Waals surface area contributed by atoms with Gasteiger partial charge in [-0.3, -0.25) is 14.5 Å². The highest BCUT2D eigenvalue weighted by atomic mass is 16.5. The van der Waals surface area contributed by atoms with Crippen molar-refractivity contribution in [2.75, 3.05) is 20.3 Å². The molecule has 0 bridgehead atoms. The summed E-state index contributed by atoms with van der Waals surface area (Å²) < 4.78 is 7.27. The van der Waals surface area contributed by atoms with Gasteiger partial charge in [-0.2, -0.15) is 0 Å². The van der Waals surface area contributed by atoms with Crippen molar-refractivity contribution in [3.63, 3.8) is 0 Å². The van der Waals surface area contributed by atoms with E-state index < -0.39 is 17.5 Å². The van der Waals surface area contributed by atoms with Crippen molar-refractivity contribution >= 4 is 17.7 Å². The highest BCUT2D eigenvalue weighted by Crippen LogP contribution is 2.29. The van der Waals surface area contributed by atoms with E-state index in [9.17, 15) is 14.4 Å². The minimum Gasteiger partial charge on any atom is -0.383 e. The van der Waals surface area contributed by atoms with Crippen molar-refractivity contribution in [2.24, 2.45) is 0 Å². The monoisotopic (exact) mass is 411 g/mol. The largest absolute Gasteiger partial charge is 0.383 e. The first-order valence-corrected chi connectivity index (χ1v) is 10.0. The van der Waals surface area contributed by atoms with Crippen molar-refractivity contribution < 1.29 is 19.1 Å². The number of ketones is 1. The molecule has 1 N–H and O–H groups in total. The molecule has 1 aliphatic rings. The molecule has 2 aromatic rings. The molecule has 7 nitrogen and oxygen atoms in total. The zero-order chi connectivity index (χ0) is 22.2. The third kappa shape index (κ3) is 3.65. The van der Waals surface area contributed by atoms with E-state index in [-0.39, 0.29) is 18.4 Å². The van der Waals surface area contributed by atoms with Crippen LogP contribution in [-0.2, 0) is 15.1 Å². The fraction of sp³-hybridized carbons (Fsp3) is 0.435. The summed E-state index contributed by atoms with van der Waals surface area (Å²) in [4.78, 5) is 39.7. The van der Waals surface area contributed by atoms with E-state index in [1.807, 2.05) is 56.5 Å². The van der Waals surface area contributed by atoms with Crippen LogP contribution in [0.1, 0.15) is 52.8 Å². The quantitative estimate of drug-likeness (QED) is 0.560. The summed E-state index contributed by atoms with van der Waals surface area (Å²) in [6.45, 7) is 9.66. The average Bonchev–Trinajstić information content (AvgIpc) is 3.10. The number of ether oxygens (including phenoxy) is 1. The zero-order valence-corrected chi connectivity index (χ0v) is 18.4. The summed E-state index contributed by atoms with van der Waals surface area (Å²) in [6, 6.07) is 8.75. The molecule has 0 aliphatic carbocycles. The highest BCUT2D eigenvalue weighted by molar-refractivity contribution is 6.11. The summed E-state index contributed by atoms with van der Waals surface area (Å²) in [5.74, 6) is -0.693. The third-order valence-corrected chi connectivity index (χ3v) is 5.84. The van der Waals surface area contributed by atoms with Gasteiger partial charge in [0, 0.05) is 24.1 Å². The number of amides is 3. The highest BCUT2D eigenvalue weighted by Gasteiger charge is 2.49. The van der Waals surface area contributed by atoms with Gasteiger partial charge >= 0.3 is 6.03 Å². The van der Waals surface area contributed by atoms with Crippen molar-refractivity contribution in [1.82, 2.24) is 14.8 Å². The molecule has 3 rings (SSSR count). The number of hydrogen-bond acceptors (Lipinski definition) is 4. The normalized spacial score (nSPS) is 19.9. The average molecular weight is 412 g/mol. The Balaban J connectivity index is 1.84. The Kier molecular flexibility index (Phi) is 5.85. The molecule has 30 heavy (non-hydrogen) atoms. The van der Waals surface area contributed by atoms with E-state index in [0.29, 0.717) is 17.7 Å². The summed E-state index contributed by atoms with van der Waals surface area (Å²) >= 11 is 0. The molecule has 0 unspecified atom stereocenters. The van der Waals surface area contributed by atoms with Gasteiger partial charge in [0.25, 0.3) is 5.91 Å². The Labute approximate surface area is 177 Å². The molecule has 1 fully saturated rings. The summed E-state index contributed by atoms with van der Waals surface area (Å²) in [5.41, 5.74) is 2.81. The zero-order valence-electron chi connectivity index (χ0n) is 18.4. The van der Waals surface area contributed by atoms with Crippen molar-refractivity contribution in [2.45, 2.75) is 46.2 Å². The predicted octanol–water partition coefficient (Wildman–Crippen LogP) is 3.27. The van der Waals surface area contributed by atoms with Gasteiger partial charge in [0.1, 0.15) is 5.54 Å². The minimum absolute atomic E-state index is 0.0677. The maximum Gasteiger partial charge on any atom is 0.325 e. The van der Waals surface area contributed by atoms with Crippen LogP contribution in [-0.4, -0.2) is 47.4 Å². The molecule has 3 amide bonds. The van der Waals surface area contributed by atoms with Gasteiger partial charge in [-0.25, -0.2) is 4.79 Å². The standard InChI is InChI=1S/C23H29N3O4/c1-14-7-9-18(10-8-14)23(5)21(28)25(22(29)24-23)12-20(27)19-11-15(2)26(17(19)4)16(3)13-30-6/h7-11,16H,12-13H2,1-6H3,(H,24,29)/t16-,23-/m1/s1. The van der Waals surface area contributed by atoms with Crippen LogP contribution in [0.5, 0.6) is 0 Å². The number of imide groups is 1. The summed E-state index contributed by atoms with van der Waals surface area (Å²) in [6.07, 6.45) is 0. The smallest absolute Gasteiger partial charge is 0.325 e. The maximum absolute atomic E-state index is 13.1. The van der Waals surface area contributed by atoms with Gasteiger partial charge in [-0.1, -0.05) is 29.8 Å². The molecule has 7 heteroatoms. The van der Waals surface area contributed by atoms with E-state index in [2.05, 4.69) is 5.32 Å². The van der Waals surface area contributed by atoms with Crippen LogP contribution >= 0.6 is 0 Å². The lowest BCUT2D eigenvalue weighted by atomic mass is 9.91. The first kappa shape index (κ1) is 21.8. The second-order valence-corrected chi connectivity index (χ2v) is 8.19. The van der Waals surface area contributed by atoms with Crippen molar-refractivity contribution in [1.29, 1.82) is 0 Å². The number of nitrogens with one attached hydrogen (secondary N) is 1. The molecule has 0 spiro atoms. The number of hydrogen-bond donors (Lipinski definition) is 1. The Morgan fingerprint density at radius 2 is 1.80 bits per heavy atom. The number of carbonyl (C=O) groups excluding carboxylic acids is 3. The van der Waals surface area contributed by atoms with Crippen LogP contribution < -0.4 is 5.32 Å². The van der Waals surface area contributed by atoms with E-state index in [4.69, 9.17) is 4.74 Å². The first-order valence-electron chi connectivity index (χ1n) is 10.0. The number of benzene rings is 1. The maximum atomic E-state index is 13.1. The van der Waals surface area contributed by atoms with Crippen molar-refractivity contribution in [3.05, 3.63) is 58.4 Å². The number of methoxy groups -OCH3 is 1. The summed E-state index contributed by atoms with van der Waals surface area (Å²) in [5, 5.41) is 2.75. The number of Topliss-reactive ketones (excluding diaryl/α,β-unsaturated/α-hetero) is 1. The third-order valence-electron chi connectivity index (χ3n) is 5.84. The SMILES string of the molecule is COC[C@@H](C)n1c(C)cc(C(=O)CN2C(=O)N[C@](C)(c3ccc(C)cc3)C2=O)c1C. The number of urea groups is 1. The van der Waals surface area contributed by atoms with Gasteiger partial charge in [-0.05, 0) is 46.2 Å². The number of rotatable bonds is 7. The number of aryl methyl sites for hydroxylation is 2. The van der Waals surface area contributed by atoms with Crippen LogP contribution in [0, 0.1) is 20.8 Å². The van der Waals surface area contributed by atoms with E-state index >= 15 is 0 Å². The van der Waals surface area contributed by atoms with Crippen LogP contribution in [0.4, 0.5) is 4.79 Å². The van der Waals surface area contributed by atoms with Gasteiger partial charge in [-0.15, -0.1) is 0 Å².